The molecule has 0 heterocycles. The van der Waals surface area contributed by atoms with Crippen LogP contribution in [-0.4, -0.2) is 33.5 Å². The first-order valence-corrected chi connectivity index (χ1v) is 4.20. The van der Waals surface area contributed by atoms with Crippen LogP contribution >= 0.6 is 0 Å². The minimum absolute atomic E-state index is 0.289. The van der Waals surface area contributed by atoms with Crippen molar-refractivity contribution < 1.29 is 20.1 Å². The van der Waals surface area contributed by atoms with Crippen LogP contribution in [0.5, 0.6) is 0 Å². The fourth-order valence-electron chi connectivity index (χ4n) is 1.13. The lowest BCUT2D eigenvalue weighted by Gasteiger charge is -2.10. The Kier molecular flexibility index (Phi) is 5.34. The zero-order valence-corrected chi connectivity index (χ0v) is 7.90. The van der Waals surface area contributed by atoms with Crippen molar-refractivity contribution in [3.05, 3.63) is 11.6 Å². The summed E-state index contributed by atoms with van der Waals surface area (Å²) >= 11 is 0. The van der Waals surface area contributed by atoms with Crippen LogP contribution in [0.15, 0.2) is 11.6 Å². The molecule has 0 aliphatic heterocycles. The second-order valence-electron chi connectivity index (χ2n) is 3.25. The summed E-state index contributed by atoms with van der Waals surface area (Å²) in [6.45, 7) is 3.16. The molecule has 0 saturated carbocycles. The molecular weight excluding hydrogens is 172 g/mol. The van der Waals surface area contributed by atoms with E-state index >= 15 is 0 Å². The molecule has 0 bridgehead atoms. The Labute approximate surface area is 77.5 Å². The maximum atomic E-state index is 10.3. The van der Waals surface area contributed by atoms with E-state index in [2.05, 4.69) is 0 Å². The molecule has 4 nitrogen and oxygen atoms in total. The first-order valence-electron chi connectivity index (χ1n) is 4.20. The molecule has 0 amide bonds. The SMILES string of the molecule is CC(O)CC(=CC(=O)O)CC(C)O. The van der Waals surface area contributed by atoms with Crippen LogP contribution in [0.3, 0.4) is 0 Å². The summed E-state index contributed by atoms with van der Waals surface area (Å²) in [6, 6.07) is 0. The fourth-order valence-corrected chi connectivity index (χ4v) is 1.13. The van der Waals surface area contributed by atoms with Gasteiger partial charge in [0.2, 0.25) is 0 Å². The highest BCUT2D eigenvalue weighted by molar-refractivity contribution is 5.80. The summed E-state index contributed by atoms with van der Waals surface area (Å²) in [7, 11) is 0. The number of rotatable bonds is 5. The molecule has 4 heteroatoms. The number of aliphatic hydroxyl groups excluding tert-OH is 2. The molecule has 0 saturated heterocycles. The molecule has 3 N–H and O–H groups in total. The van der Waals surface area contributed by atoms with Crippen LogP contribution in [0.1, 0.15) is 26.7 Å². The van der Waals surface area contributed by atoms with E-state index in [1.165, 1.54) is 0 Å². The topological polar surface area (TPSA) is 77.8 Å². The van der Waals surface area contributed by atoms with E-state index in [0.29, 0.717) is 5.57 Å². The van der Waals surface area contributed by atoms with E-state index in [1.54, 1.807) is 13.8 Å². The van der Waals surface area contributed by atoms with Gasteiger partial charge in [0.1, 0.15) is 0 Å². The standard InChI is InChI=1S/C9H16O4/c1-6(10)3-8(4-7(2)11)5-9(12)13/h5-7,10-11H,3-4H2,1-2H3,(H,12,13). The third-order valence-corrected chi connectivity index (χ3v) is 1.44. The summed E-state index contributed by atoms with van der Waals surface area (Å²) < 4.78 is 0. The number of hydrogen-bond donors (Lipinski definition) is 3. The first kappa shape index (κ1) is 12.1. The Balaban J connectivity index is 4.27. The van der Waals surface area contributed by atoms with E-state index in [9.17, 15) is 4.79 Å². The minimum Gasteiger partial charge on any atom is -0.478 e. The van der Waals surface area contributed by atoms with E-state index < -0.39 is 18.2 Å². The Bertz CT molecular complexity index is 182. The van der Waals surface area contributed by atoms with Crippen molar-refractivity contribution in [1.82, 2.24) is 0 Å². The van der Waals surface area contributed by atoms with Crippen LogP contribution in [0.2, 0.25) is 0 Å². The molecule has 0 aliphatic carbocycles. The Morgan fingerprint density at radius 1 is 1.23 bits per heavy atom. The highest BCUT2D eigenvalue weighted by atomic mass is 16.4. The molecule has 0 aromatic heterocycles. The summed E-state index contributed by atoms with van der Waals surface area (Å²) in [5, 5.41) is 26.5. The van der Waals surface area contributed by atoms with Gasteiger partial charge in [0, 0.05) is 6.08 Å². The highest BCUT2D eigenvalue weighted by Crippen LogP contribution is 2.12. The van der Waals surface area contributed by atoms with Crippen molar-refractivity contribution in [2.24, 2.45) is 0 Å². The largest absolute Gasteiger partial charge is 0.478 e. The van der Waals surface area contributed by atoms with Crippen LogP contribution in [-0.2, 0) is 4.79 Å². The minimum atomic E-state index is -1.05. The lowest BCUT2D eigenvalue weighted by molar-refractivity contribution is -0.131. The van der Waals surface area contributed by atoms with Gasteiger partial charge in [-0.15, -0.1) is 0 Å². The Hall–Kier alpha value is -0.870. The normalized spacial score (nSPS) is 14.8. The van der Waals surface area contributed by atoms with Gasteiger partial charge in [0.15, 0.2) is 0 Å². The quantitative estimate of drug-likeness (QED) is 0.550. The smallest absolute Gasteiger partial charge is 0.328 e. The third kappa shape index (κ3) is 7.49. The van der Waals surface area contributed by atoms with Crippen molar-refractivity contribution in [1.29, 1.82) is 0 Å². The molecule has 0 aromatic rings. The molecule has 0 aliphatic rings. The number of carboxylic acids is 1. The van der Waals surface area contributed by atoms with E-state index in [4.69, 9.17) is 15.3 Å². The molecule has 76 valence electrons. The maximum Gasteiger partial charge on any atom is 0.328 e. The summed E-state index contributed by atoms with van der Waals surface area (Å²) in [5.41, 5.74) is 0.553. The molecule has 0 spiro atoms. The summed E-state index contributed by atoms with van der Waals surface area (Å²) in [4.78, 5) is 10.3. The molecule has 0 aromatic carbocycles. The van der Waals surface area contributed by atoms with Crippen LogP contribution in [0.25, 0.3) is 0 Å². The average Bonchev–Trinajstić information content (AvgIpc) is 1.80. The average molecular weight is 188 g/mol. The molecular formula is C9H16O4. The molecule has 0 fully saturated rings. The van der Waals surface area contributed by atoms with Gasteiger partial charge in [-0.2, -0.15) is 0 Å². The number of aliphatic hydroxyl groups is 2. The van der Waals surface area contributed by atoms with Crippen molar-refractivity contribution in [2.75, 3.05) is 0 Å². The zero-order chi connectivity index (χ0) is 10.4. The lowest BCUT2D eigenvalue weighted by Crippen LogP contribution is -2.08. The van der Waals surface area contributed by atoms with Crippen LogP contribution in [0.4, 0.5) is 0 Å². The molecule has 0 rings (SSSR count). The summed E-state index contributed by atoms with van der Waals surface area (Å²) in [6.07, 6.45) is 0.460. The fraction of sp³-hybridized carbons (Fsp3) is 0.667. The van der Waals surface area contributed by atoms with Gasteiger partial charge in [-0.25, -0.2) is 4.79 Å². The summed E-state index contributed by atoms with van der Waals surface area (Å²) in [5.74, 6) is -1.05. The molecule has 2 unspecified atom stereocenters. The second kappa shape index (κ2) is 5.72. The van der Waals surface area contributed by atoms with Crippen LogP contribution in [0, 0.1) is 0 Å². The molecule has 2 atom stereocenters. The Morgan fingerprint density at radius 3 is 1.85 bits per heavy atom. The number of carboxylic acid groups (broad SMARTS) is 1. The van der Waals surface area contributed by atoms with Crippen molar-refractivity contribution >= 4 is 5.97 Å². The van der Waals surface area contributed by atoms with E-state index in [0.717, 1.165) is 6.08 Å². The van der Waals surface area contributed by atoms with Crippen molar-refractivity contribution in [2.45, 2.75) is 38.9 Å². The van der Waals surface area contributed by atoms with Gasteiger partial charge in [-0.3, -0.25) is 0 Å². The monoisotopic (exact) mass is 188 g/mol. The Morgan fingerprint density at radius 2 is 1.62 bits per heavy atom. The number of aliphatic carboxylic acids is 1. The third-order valence-electron chi connectivity index (χ3n) is 1.44. The predicted octanol–water partition coefficient (Wildman–Crippen LogP) is 0.539. The maximum absolute atomic E-state index is 10.3. The first-order chi connectivity index (χ1) is 5.91. The number of hydrogen-bond acceptors (Lipinski definition) is 3. The van der Waals surface area contributed by atoms with E-state index in [-0.39, 0.29) is 12.8 Å². The predicted molar refractivity (Wildman–Crippen MR) is 48.3 cm³/mol. The van der Waals surface area contributed by atoms with Gasteiger partial charge in [0.25, 0.3) is 0 Å². The van der Waals surface area contributed by atoms with Gasteiger partial charge < -0.3 is 15.3 Å². The van der Waals surface area contributed by atoms with E-state index in [1.807, 2.05) is 0 Å². The zero-order valence-electron chi connectivity index (χ0n) is 7.90. The van der Waals surface area contributed by atoms with Crippen LogP contribution < -0.4 is 0 Å². The highest BCUT2D eigenvalue weighted by Gasteiger charge is 2.07. The number of carbonyl (C=O) groups is 1. The lowest BCUT2D eigenvalue weighted by atomic mass is 10.0. The van der Waals surface area contributed by atoms with Gasteiger partial charge in [-0.1, -0.05) is 5.57 Å². The van der Waals surface area contributed by atoms with Crippen molar-refractivity contribution in [3.63, 3.8) is 0 Å². The van der Waals surface area contributed by atoms with Crippen molar-refractivity contribution in [3.8, 4) is 0 Å². The van der Waals surface area contributed by atoms with Gasteiger partial charge >= 0.3 is 5.97 Å². The molecule has 13 heavy (non-hydrogen) atoms. The molecule has 0 radical (unpaired) electrons. The van der Waals surface area contributed by atoms with Gasteiger partial charge in [0.05, 0.1) is 12.2 Å². The van der Waals surface area contributed by atoms with Gasteiger partial charge in [-0.05, 0) is 26.7 Å². The second-order valence-corrected chi connectivity index (χ2v) is 3.25.